The Morgan fingerprint density at radius 1 is 1.20 bits per heavy atom. The van der Waals surface area contributed by atoms with Crippen molar-refractivity contribution in [1.82, 2.24) is 9.71 Å². The molecule has 7 heteroatoms. The summed E-state index contributed by atoms with van der Waals surface area (Å²) < 4.78 is 27.0. The van der Waals surface area contributed by atoms with Crippen molar-refractivity contribution in [3.63, 3.8) is 0 Å². The van der Waals surface area contributed by atoms with Crippen molar-refractivity contribution in [1.29, 1.82) is 0 Å². The number of benzene rings is 1. The lowest BCUT2D eigenvalue weighted by Gasteiger charge is -2.29. The van der Waals surface area contributed by atoms with Gasteiger partial charge in [-0.3, -0.25) is 0 Å². The van der Waals surface area contributed by atoms with E-state index in [2.05, 4.69) is 35.2 Å². The summed E-state index contributed by atoms with van der Waals surface area (Å²) in [5.41, 5.74) is 2.41. The summed E-state index contributed by atoms with van der Waals surface area (Å²) in [6.07, 6.45) is 5.27. The summed E-state index contributed by atoms with van der Waals surface area (Å²) in [6.45, 7) is 4.41. The number of fused-ring (bicyclic) bond motifs is 1. The highest BCUT2D eigenvalue weighted by atomic mass is 32.2. The molecule has 0 aliphatic heterocycles. The average Bonchev–Trinajstić information content (AvgIpc) is 3.02. The molecule has 1 aromatic carbocycles. The lowest BCUT2D eigenvalue weighted by Crippen LogP contribution is -2.34. The highest BCUT2D eigenvalue weighted by Crippen LogP contribution is 2.31. The van der Waals surface area contributed by atoms with Gasteiger partial charge in [0.1, 0.15) is 0 Å². The highest BCUT2D eigenvalue weighted by Gasteiger charge is 2.23. The molecule has 0 saturated heterocycles. The van der Waals surface area contributed by atoms with Gasteiger partial charge in [0, 0.05) is 12.6 Å². The molecule has 2 N–H and O–H groups in total. The fraction of sp³-hybridized carbons (Fsp3) is 0.611. The second-order valence-electron chi connectivity index (χ2n) is 6.79. The van der Waals surface area contributed by atoms with Crippen LogP contribution < -0.4 is 10.0 Å². The van der Waals surface area contributed by atoms with Gasteiger partial charge in [-0.2, -0.15) is 0 Å². The van der Waals surface area contributed by atoms with Crippen molar-refractivity contribution < 1.29 is 8.42 Å². The summed E-state index contributed by atoms with van der Waals surface area (Å²) in [4.78, 5) is 4.70. The van der Waals surface area contributed by atoms with Gasteiger partial charge in [0.25, 0.3) is 0 Å². The predicted octanol–water partition coefficient (Wildman–Crippen LogP) is 3.77. The van der Waals surface area contributed by atoms with Gasteiger partial charge >= 0.3 is 0 Å². The van der Waals surface area contributed by atoms with Gasteiger partial charge in [-0.25, -0.2) is 18.1 Å². The van der Waals surface area contributed by atoms with Crippen LogP contribution in [-0.4, -0.2) is 31.7 Å². The van der Waals surface area contributed by atoms with Crippen LogP contribution in [0, 0.1) is 5.92 Å². The molecule has 0 atom stereocenters. The SMILES string of the molecule is CCc1ccc2nc(N[C@H]3CC[C@H](CNS(=O)(=O)CC)CC3)sc2c1. The number of thiazole rings is 1. The maximum atomic E-state index is 11.5. The predicted molar refractivity (Wildman–Crippen MR) is 106 cm³/mol. The van der Waals surface area contributed by atoms with Gasteiger partial charge in [0.05, 0.1) is 16.0 Å². The van der Waals surface area contributed by atoms with Crippen LogP contribution in [0.5, 0.6) is 0 Å². The van der Waals surface area contributed by atoms with Crippen LogP contribution in [0.2, 0.25) is 0 Å². The van der Waals surface area contributed by atoms with E-state index < -0.39 is 10.0 Å². The van der Waals surface area contributed by atoms with E-state index in [1.165, 1.54) is 10.3 Å². The quantitative estimate of drug-likeness (QED) is 0.766. The smallest absolute Gasteiger partial charge is 0.211 e. The molecule has 5 nitrogen and oxygen atoms in total. The fourth-order valence-electron chi connectivity index (χ4n) is 3.28. The van der Waals surface area contributed by atoms with Crippen molar-refractivity contribution in [3.8, 4) is 0 Å². The van der Waals surface area contributed by atoms with Gasteiger partial charge in [-0.05, 0) is 62.6 Å². The lowest BCUT2D eigenvalue weighted by atomic mass is 9.86. The molecule has 0 spiro atoms. The van der Waals surface area contributed by atoms with Gasteiger partial charge in [0.2, 0.25) is 10.0 Å². The number of rotatable bonds is 7. The standard InChI is InChI=1S/C18H27N3O2S2/c1-3-13-7-10-16-17(11-13)24-18(21-16)20-15-8-5-14(6-9-15)12-19-25(22,23)4-2/h7,10-11,14-15,19H,3-6,8-9,12H2,1-2H3,(H,20,21)/t14-,15-. The number of nitrogens with one attached hydrogen (secondary N) is 2. The van der Waals surface area contributed by atoms with E-state index in [-0.39, 0.29) is 5.75 Å². The molecule has 0 unspecified atom stereocenters. The van der Waals surface area contributed by atoms with Gasteiger partial charge in [-0.1, -0.05) is 24.3 Å². The minimum Gasteiger partial charge on any atom is -0.359 e. The molecule has 0 bridgehead atoms. The van der Waals surface area contributed by atoms with E-state index in [0.717, 1.165) is 42.8 Å². The minimum atomic E-state index is -3.08. The first-order valence-electron chi connectivity index (χ1n) is 9.12. The first-order valence-corrected chi connectivity index (χ1v) is 11.6. The maximum Gasteiger partial charge on any atom is 0.211 e. The summed E-state index contributed by atoms with van der Waals surface area (Å²) in [6, 6.07) is 6.92. The Morgan fingerprint density at radius 2 is 1.96 bits per heavy atom. The molecule has 1 aliphatic carbocycles. The molecule has 25 heavy (non-hydrogen) atoms. The summed E-state index contributed by atoms with van der Waals surface area (Å²) in [5, 5.41) is 4.58. The fourth-order valence-corrected chi connectivity index (χ4v) is 4.98. The zero-order valence-corrected chi connectivity index (χ0v) is 16.5. The number of aromatic nitrogens is 1. The Labute approximate surface area is 154 Å². The van der Waals surface area contributed by atoms with Crippen LogP contribution in [-0.2, 0) is 16.4 Å². The van der Waals surface area contributed by atoms with E-state index >= 15 is 0 Å². The average molecular weight is 382 g/mol. The molecule has 1 saturated carbocycles. The highest BCUT2D eigenvalue weighted by molar-refractivity contribution is 7.89. The van der Waals surface area contributed by atoms with Gasteiger partial charge in [-0.15, -0.1) is 0 Å². The number of hydrogen-bond donors (Lipinski definition) is 2. The molecule has 1 fully saturated rings. The third kappa shape index (κ3) is 4.92. The summed E-state index contributed by atoms with van der Waals surface area (Å²) in [5.74, 6) is 0.600. The number of anilines is 1. The third-order valence-electron chi connectivity index (χ3n) is 5.01. The molecule has 1 heterocycles. The topological polar surface area (TPSA) is 71.1 Å². The zero-order valence-electron chi connectivity index (χ0n) is 14.9. The number of sulfonamides is 1. The van der Waals surface area contributed by atoms with Crippen molar-refractivity contribution in [2.24, 2.45) is 5.92 Å². The first-order chi connectivity index (χ1) is 12.0. The Bertz CT molecular complexity index is 809. The van der Waals surface area contributed by atoms with Gasteiger partial charge < -0.3 is 5.32 Å². The monoisotopic (exact) mass is 381 g/mol. The maximum absolute atomic E-state index is 11.5. The molecule has 0 amide bonds. The van der Waals surface area contributed by atoms with Crippen LogP contribution in [0.4, 0.5) is 5.13 Å². The summed E-state index contributed by atoms with van der Waals surface area (Å²) in [7, 11) is -3.08. The molecular formula is C18H27N3O2S2. The van der Waals surface area contributed by atoms with Crippen molar-refractivity contribution in [2.45, 2.75) is 52.0 Å². The molecule has 2 aromatic rings. The first kappa shape index (κ1) is 18.6. The van der Waals surface area contributed by atoms with E-state index in [1.54, 1.807) is 18.3 Å². The summed E-state index contributed by atoms with van der Waals surface area (Å²) >= 11 is 1.72. The minimum absolute atomic E-state index is 0.154. The van der Waals surface area contributed by atoms with E-state index in [4.69, 9.17) is 4.98 Å². The Balaban J connectivity index is 1.52. The normalized spacial score (nSPS) is 21.5. The second kappa shape index (κ2) is 8.01. The van der Waals surface area contributed by atoms with Crippen LogP contribution in [0.3, 0.4) is 0 Å². The zero-order chi connectivity index (χ0) is 17.9. The van der Waals surface area contributed by atoms with Gasteiger partial charge in [0.15, 0.2) is 5.13 Å². The van der Waals surface area contributed by atoms with E-state index in [1.807, 2.05) is 0 Å². The van der Waals surface area contributed by atoms with Crippen molar-refractivity contribution in [3.05, 3.63) is 23.8 Å². The van der Waals surface area contributed by atoms with Crippen LogP contribution >= 0.6 is 11.3 Å². The van der Waals surface area contributed by atoms with E-state index in [9.17, 15) is 8.42 Å². The second-order valence-corrected chi connectivity index (χ2v) is 9.91. The molecular weight excluding hydrogens is 354 g/mol. The largest absolute Gasteiger partial charge is 0.359 e. The Hall–Kier alpha value is -1.18. The van der Waals surface area contributed by atoms with Crippen LogP contribution in [0.25, 0.3) is 10.2 Å². The number of aryl methyl sites for hydroxylation is 1. The number of hydrogen-bond acceptors (Lipinski definition) is 5. The van der Waals surface area contributed by atoms with Crippen molar-refractivity contribution >= 4 is 36.7 Å². The van der Waals surface area contributed by atoms with Crippen LogP contribution in [0.1, 0.15) is 45.1 Å². The van der Waals surface area contributed by atoms with Crippen LogP contribution in [0.15, 0.2) is 18.2 Å². The lowest BCUT2D eigenvalue weighted by molar-refractivity contribution is 0.337. The number of nitrogens with zero attached hydrogens (tertiary/aromatic N) is 1. The molecule has 3 rings (SSSR count). The van der Waals surface area contributed by atoms with E-state index in [0.29, 0.717) is 18.5 Å². The molecule has 138 valence electrons. The third-order valence-corrected chi connectivity index (χ3v) is 7.32. The van der Waals surface area contributed by atoms with Crippen molar-refractivity contribution in [2.75, 3.05) is 17.6 Å². The Kier molecular flexibility index (Phi) is 5.96. The molecule has 1 aromatic heterocycles. The molecule has 1 aliphatic rings. The Morgan fingerprint density at radius 3 is 2.64 bits per heavy atom. The molecule has 0 radical (unpaired) electrons.